The maximum atomic E-state index is 9.16. The van der Waals surface area contributed by atoms with Crippen LogP contribution in [0.5, 0.6) is 0 Å². The first kappa shape index (κ1) is 11.6. The van der Waals surface area contributed by atoms with Crippen LogP contribution in [-0.2, 0) is 6.54 Å². The van der Waals surface area contributed by atoms with Crippen molar-refractivity contribution in [2.75, 3.05) is 13.2 Å². The summed E-state index contributed by atoms with van der Waals surface area (Å²) in [4.78, 5) is 4.13. The lowest BCUT2D eigenvalue weighted by molar-refractivity contribution is 0.102. The molecule has 0 atom stereocenters. The molecule has 1 aromatic heterocycles. The fourth-order valence-corrected chi connectivity index (χ4v) is 1.62. The summed E-state index contributed by atoms with van der Waals surface area (Å²) in [5.74, 6) is 0. The zero-order valence-corrected chi connectivity index (χ0v) is 9.56. The summed E-state index contributed by atoms with van der Waals surface area (Å²) in [7, 11) is 0. The second-order valence-electron chi connectivity index (χ2n) is 4.75. The van der Waals surface area contributed by atoms with Crippen LogP contribution in [0.25, 0.3) is 0 Å². The predicted octanol–water partition coefficient (Wildman–Crippen LogP) is 0.0509. The maximum Gasteiger partial charge on any atom is 0.0951 e. The van der Waals surface area contributed by atoms with Gasteiger partial charge in [-0.2, -0.15) is 0 Å². The molecule has 90 valence electrons. The summed E-state index contributed by atoms with van der Waals surface area (Å²) in [5.41, 5.74) is 0.481. The molecule has 0 spiro atoms. The predicted molar refractivity (Wildman–Crippen MR) is 59.9 cm³/mol. The Morgan fingerprint density at radius 2 is 2.19 bits per heavy atom. The minimum atomic E-state index is -0.626. The number of imidazole rings is 1. The highest BCUT2D eigenvalue weighted by atomic mass is 16.3. The fourth-order valence-electron chi connectivity index (χ4n) is 1.62. The number of aliphatic hydroxyl groups is 2. The molecule has 1 saturated carbocycles. The minimum Gasteiger partial charge on any atom is -0.394 e. The number of aromatic nitrogens is 2. The molecule has 5 nitrogen and oxygen atoms in total. The third-order valence-electron chi connectivity index (χ3n) is 3.08. The normalized spacial score (nSPS) is 16.7. The molecule has 0 aliphatic heterocycles. The summed E-state index contributed by atoms with van der Waals surface area (Å²) >= 11 is 0. The van der Waals surface area contributed by atoms with Crippen LogP contribution in [-0.4, -0.2) is 38.5 Å². The van der Waals surface area contributed by atoms with E-state index in [1.807, 2.05) is 12.5 Å². The summed E-state index contributed by atoms with van der Waals surface area (Å²) in [6.07, 6.45) is 6.13. The van der Waals surface area contributed by atoms with Gasteiger partial charge in [0.05, 0.1) is 30.8 Å². The Bertz CT molecular complexity index is 343. The number of nitrogens with one attached hydrogen (secondary N) is 1. The van der Waals surface area contributed by atoms with Crippen molar-refractivity contribution >= 4 is 0 Å². The molecule has 0 saturated heterocycles. The molecule has 1 aromatic rings. The van der Waals surface area contributed by atoms with E-state index in [4.69, 9.17) is 10.2 Å². The SMILES string of the molecule is CC(CO)(CO)NCc1cncn1C1CC1. The quantitative estimate of drug-likeness (QED) is 0.640. The molecule has 0 bridgehead atoms. The van der Waals surface area contributed by atoms with Gasteiger partial charge in [-0.05, 0) is 19.8 Å². The molecular weight excluding hydrogens is 206 g/mol. The van der Waals surface area contributed by atoms with Gasteiger partial charge in [0, 0.05) is 18.8 Å². The number of hydrogen-bond donors (Lipinski definition) is 3. The largest absolute Gasteiger partial charge is 0.394 e. The lowest BCUT2D eigenvalue weighted by Gasteiger charge is -2.26. The molecule has 0 amide bonds. The first-order chi connectivity index (χ1) is 7.68. The smallest absolute Gasteiger partial charge is 0.0951 e. The van der Waals surface area contributed by atoms with Crippen molar-refractivity contribution in [1.82, 2.24) is 14.9 Å². The first-order valence-corrected chi connectivity index (χ1v) is 5.66. The number of aliphatic hydroxyl groups excluding tert-OH is 2. The Morgan fingerprint density at radius 1 is 1.50 bits per heavy atom. The molecule has 0 radical (unpaired) electrons. The standard InChI is InChI=1S/C11H19N3O2/c1-11(6-15,7-16)13-5-10-4-12-8-14(10)9-2-3-9/h4,8-9,13,15-16H,2-3,5-7H2,1H3. The average Bonchev–Trinajstić information content (AvgIpc) is 3.05. The Balaban J connectivity index is 1.96. The molecule has 5 heteroatoms. The third-order valence-corrected chi connectivity index (χ3v) is 3.08. The van der Waals surface area contributed by atoms with Crippen molar-refractivity contribution in [3.8, 4) is 0 Å². The van der Waals surface area contributed by atoms with Gasteiger partial charge in [0.15, 0.2) is 0 Å². The van der Waals surface area contributed by atoms with Crippen molar-refractivity contribution < 1.29 is 10.2 Å². The van der Waals surface area contributed by atoms with Gasteiger partial charge in [-0.1, -0.05) is 0 Å². The van der Waals surface area contributed by atoms with Gasteiger partial charge in [0.2, 0.25) is 0 Å². The Kier molecular flexibility index (Phi) is 3.28. The average molecular weight is 225 g/mol. The van der Waals surface area contributed by atoms with Gasteiger partial charge in [-0.25, -0.2) is 4.98 Å². The number of nitrogens with zero attached hydrogens (tertiary/aromatic N) is 2. The van der Waals surface area contributed by atoms with E-state index >= 15 is 0 Å². The molecular formula is C11H19N3O2. The number of rotatable bonds is 6. The molecule has 0 unspecified atom stereocenters. The van der Waals surface area contributed by atoms with Crippen LogP contribution in [0.2, 0.25) is 0 Å². The Hall–Kier alpha value is -0.910. The lowest BCUT2D eigenvalue weighted by atomic mass is 10.1. The van der Waals surface area contributed by atoms with E-state index in [-0.39, 0.29) is 13.2 Å². The van der Waals surface area contributed by atoms with Crippen molar-refractivity contribution in [1.29, 1.82) is 0 Å². The van der Waals surface area contributed by atoms with Crippen molar-refractivity contribution in [2.24, 2.45) is 0 Å². The van der Waals surface area contributed by atoms with Crippen LogP contribution in [0, 0.1) is 0 Å². The molecule has 1 aliphatic rings. The zero-order valence-electron chi connectivity index (χ0n) is 9.56. The van der Waals surface area contributed by atoms with Crippen molar-refractivity contribution in [3.63, 3.8) is 0 Å². The van der Waals surface area contributed by atoms with Crippen LogP contribution >= 0.6 is 0 Å². The van der Waals surface area contributed by atoms with Crippen LogP contribution in [0.15, 0.2) is 12.5 Å². The summed E-state index contributed by atoms with van der Waals surface area (Å²) in [6.45, 7) is 2.25. The Labute approximate surface area is 95.1 Å². The fraction of sp³-hybridized carbons (Fsp3) is 0.727. The van der Waals surface area contributed by atoms with E-state index < -0.39 is 5.54 Å². The Morgan fingerprint density at radius 3 is 2.75 bits per heavy atom. The molecule has 3 N–H and O–H groups in total. The van der Waals surface area contributed by atoms with Gasteiger partial charge in [0.25, 0.3) is 0 Å². The maximum absolute atomic E-state index is 9.16. The zero-order chi connectivity index (χ0) is 11.6. The van der Waals surface area contributed by atoms with Crippen LogP contribution in [0.1, 0.15) is 31.5 Å². The van der Waals surface area contributed by atoms with Gasteiger partial charge >= 0.3 is 0 Å². The van der Waals surface area contributed by atoms with E-state index in [1.54, 1.807) is 6.92 Å². The molecule has 1 fully saturated rings. The van der Waals surface area contributed by atoms with Gasteiger partial charge in [-0.3, -0.25) is 0 Å². The molecule has 0 aromatic carbocycles. The lowest BCUT2D eigenvalue weighted by Crippen LogP contribution is -2.48. The van der Waals surface area contributed by atoms with E-state index in [9.17, 15) is 0 Å². The second-order valence-corrected chi connectivity index (χ2v) is 4.75. The van der Waals surface area contributed by atoms with Crippen LogP contribution < -0.4 is 5.32 Å². The molecule has 2 rings (SSSR count). The first-order valence-electron chi connectivity index (χ1n) is 5.66. The van der Waals surface area contributed by atoms with E-state index in [1.165, 1.54) is 12.8 Å². The van der Waals surface area contributed by atoms with Gasteiger partial charge < -0.3 is 20.1 Å². The summed E-state index contributed by atoms with van der Waals surface area (Å²) in [5, 5.41) is 21.5. The van der Waals surface area contributed by atoms with Gasteiger partial charge in [-0.15, -0.1) is 0 Å². The van der Waals surface area contributed by atoms with E-state index in [0.717, 1.165) is 5.69 Å². The topological polar surface area (TPSA) is 70.3 Å². The monoisotopic (exact) mass is 225 g/mol. The second kappa shape index (κ2) is 4.53. The summed E-state index contributed by atoms with van der Waals surface area (Å²) in [6, 6.07) is 0.605. The molecule has 1 aliphatic carbocycles. The van der Waals surface area contributed by atoms with Crippen LogP contribution in [0.3, 0.4) is 0 Å². The van der Waals surface area contributed by atoms with Crippen LogP contribution in [0.4, 0.5) is 0 Å². The highest BCUT2D eigenvalue weighted by Crippen LogP contribution is 2.35. The molecule has 16 heavy (non-hydrogen) atoms. The molecule has 1 heterocycles. The van der Waals surface area contributed by atoms with E-state index in [2.05, 4.69) is 14.9 Å². The number of hydrogen-bond acceptors (Lipinski definition) is 4. The highest BCUT2D eigenvalue weighted by molar-refractivity contribution is 5.04. The highest BCUT2D eigenvalue weighted by Gasteiger charge is 2.26. The minimum absolute atomic E-state index is 0.0823. The van der Waals surface area contributed by atoms with Gasteiger partial charge in [0.1, 0.15) is 0 Å². The third kappa shape index (κ3) is 2.42. The van der Waals surface area contributed by atoms with Crippen molar-refractivity contribution in [3.05, 3.63) is 18.2 Å². The summed E-state index contributed by atoms with van der Waals surface area (Å²) < 4.78 is 2.17. The van der Waals surface area contributed by atoms with E-state index in [0.29, 0.717) is 12.6 Å². The van der Waals surface area contributed by atoms with Crippen molar-refractivity contribution in [2.45, 2.75) is 37.9 Å².